The van der Waals surface area contributed by atoms with Crippen LogP contribution in [0.2, 0.25) is 5.02 Å². The summed E-state index contributed by atoms with van der Waals surface area (Å²) in [6.45, 7) is 0.136. The van der Waals surface area contributed by atoms with E-state index in [1.54, 1.807) is 6.07 Å². The highest BCUT2D eigenvalue weighted by molar-refractivity contribution is 7.91. The number of halogens is 2. The summed E-state index contributed by atoms with van der Waals surface area (Å²) in [6, 6.07) is 4.47. The molecule has 1 atom stereocenters. The highest BCUT2D eigenvalue weighted by atomic mass is 35.5. The lowest BCUT2D eigenvalue weighted by atomic mass is 10.1. The van der Waals surface area contributed by atoms with E-state index in [0.717, 1.165) is 0 Å². The lowest BCUT2D eigenvalue weighted by molar-refractivity contribution is 0.555. The summed E-state index contributed by atoms with van der Waals surface area (Å²) >= 11 is 6.01. The summed E-state index contributed by atoms with van der Waals surface area (Å²) in [4.78, 5) is 4.14. The maximum atomic E-state index is 13.8. The van der Waals surface area contributed by atoms with E-state index in [4.69, 9.17) is 11.6 Å². The molecule has 1 saturated heterocycles. The maximum Gasteiger partial charge on any atom is 0.151 e. The van der Waals surface area contributed by atoms with E-state index in [1.807, 2.05) is 0 Å². The zero-order valence-electron chi connectivity index (χ0n) is 11.0. The Bertz CT molecular complexity index is 755. The SMILES string of the molecule is O=S1(=O)CC[C@H](c2ncnn2Cc2c(F)cccc2Cl)C1. The number of benzene rings is 1. The van der Waals surface area contributed by atoms with E-state index in [2.05, 4.69) is 10.1 Å². The van der Waals surface area contributed by atoms with Crippen molar-refractivity contribution in [3.63, 3.8) is 0 Å². The van der Waals surface area contributed by atoms with E-state index >= 15 is 0 Å². The van der Waals surface area contributed by atoms with Gasteiger partial charge in [0, 0.05) is 16.5 Å². The summed E-state index contributed by atoms with van der Waals surface area (Å²) in [5.74, 6) is 0.184. The fraction of sp³-hybridized carbons (Fsp3) is 0.385. The Kier molecular flexibility index (Phi) is 3.71. The van der Waals surface area contributed by atoms with Crippen molar-refractivity contribution < 1.29 is 12.8 Å². The molecule has 0 N–H and O–H groups in total. The van der Waals surface area contributed by atoms with Crippen molar-refractivity contribution in [2.75, 3.05) is 11.5 Å². The molecule has 0 bridgehead atoms. The molecule has 0 saturated carbocycles. The summed E-state index contributed by atoms with van der Waals surface area (Å²) in [6.07, 6.45) is 1.88. The molecule has 0 radical (unpaired) electrons. The van der Waals surface area contributed by atoms with Crippen LogP contribution >= 0.6 is 11.6 Å². The van der Waals surface area contributed by atoms with E-state index in [9.17, 15) is 12.8 Å². The van der Waals surface area contributed by atoms with Gasteiger partial charge in [0.1, 0.15) is 18.0 Å². The number of aromatic nitrogens is 3. The van der Waals surface area contributed by atoms with Crippen LogP contribution in [0.1, 0.15) is 23.7 Å². The molecule has 2 aromatic rings. The average molecular weight is 330 g/mol. The van der Waals surface area contributed by atoms with Crippen LogP contribution in [0.5, 0.6) is 0 Å². The van der Waals surface area contributed by atoms with Crippen LogP contribution in [0, 0.1) is 5.82 Å². The normalized spacial score (nSPS) is 20.8. The monoisotopic (exact) mass is 329 g/mol. The van der Waals surface area contributed by atoms with Gasteiger partial charge < -0.3 is 0 Å². The Morgan fingerprint density at radius 2 is 2.24 bits per heavy atom. The molecule has 2 heterocycles. The van der Waals surface area contributed by atoms with Gasteiger partial charge in [-0.15, -0.1) is 0 Å². The van der Waals surface area contributed by atoms with Crippen molar-refractivity contribution >= 4 is 21.4 Å². The minimum Gasteiger partial charge on any atom is -0.245 e. The highest BCUT2D eigenvalue weighted by Crippen LogP contribution is 2.28. The molecule has 0 spiro atoms. The molecule has 0 amide bonds. The van der Waals surface area contributed by atoms with Crippen LogP contribution in [0.4, 0.5) is 4.39 Å². The average Bonchev–Trinajstić information content (AvgIpc) is 3.00. The lowest BCUT2D eigenvalue weighted by Crippen LogP contribution is -2.13. The molecular weight excluding hydrogens is 317 g/mol. The first-order chi connectivity index (χ1) is 9.96. The van der Waals surface area contributed by atoms with Gasteiger partial charge in [-0.3, -0.25) is 0 Å². The van der Waals surface area contributed by atoms with Gasteiger partial charge in [-0.05, 0) is 18.6 Å². The molecule has 5 nitrogen and oxygen atoms in total. The zero-order chi connectivity index (χ0) is 15.0. The van der Waals surface area contributed by atoms with Gasteiger partial charge in [0.25, 0.3) is 0 Å². The van der Waals surface area contributed by atoms with Crippen LogP contribution in [0.15, 0.2) is 24.5 Å². The fourth-order valence-corrected chi connectivity index (χ4v) is 4.50. The van der Waals surface area contributed by atoms with Gasteiger partial charge in [0.05, 0.1) is 18.1 Å². The summed E-state index contributed by atoms with van der Waals surface area (Å²) < 4.78 is 38.5. The Balaban J connectivity index is 1.90. The quantitative estimate of drug-likeness (QED) is 0.864. The van der Waals surface area contributed by atoms with Gasteiger partial charge in [0.15, 0.2) is 9.84 Å². The smallest absolute Gasteiger partial charge is 0.151 e. The molecule has 21 heavy (non-hydrogen) atoms. The molecule has 1 aliphatic heterocycles. The van der Waals surface area contributed by atoms with E-state index in [1.165, 1.54) is 23.1 Å². The Hall–Kier alpha value is -1.47. The molecule has 3 rings (SSSR count). The number of sulfone groups is 1. The summed E-state index contributed by atoms with van der Waals surface area (Å²) in [5.41, 5.74) is 0.326. The van der Waals surface area contributed by atoms with Crippen molar-refractivity contribution in [3.8, 4) is 0 Å². The predicted octanol–water partition coefficient (Wildman–Crippen LogP) is 2.02. The number of rotatable bonds is 3. The van der Waals surface area contributed by atoms with Gasteiger partial charge >= 0.3 is 0 Å². The zero-order valence-corrected chi connectivity index (χ0v) is 12.6. The molecule has 0 unspecified atom stereocenters. The molecule has 1 fully saturated rings. The molecular formula is C13H13ClFN3O2S. The third-order valence-electron chi connectivity index (χ3n) is 3.61. The topological polar surface area (TPSA) is 64.8 Å². The molecule has 1 aliphatic rings. The number of hydrogen-bond donors (Lipinski definition) is 0. The second-order valence-corrected chi connectivity index (χ2v) is 7.71. The highest BCUT2D eigenvalue weighted by Gasteiger charge is 2.32. The van der Waals surface area contributed by atoms with Crippen LogP contribution in [-0.2, 0) is 16.4 Å². The van der Waals surface area contributed by atoms with Gasteiger partial charge in [-0.25, -0.2) is 22.5 Å². The van der Waals surface area contributed by atoms with Crippen LogP contribution in [0.25, 0.3) is 0 Å². The van der Waals surface area contributed by atoms with Crippen molar-refractivity contribution in [1.29, 1.82) is 0 Å². The summed E-state index contributed by atoms with van der Waals surface area (Å²) in [5, 5.41) is 4.39. The molecule has 1 aromatic heterocycles. The lowest BCUT2D eigenvalue weighted by Gasteiger charge is -2.11. The minimum atomic E-state index is -3.01. The Morgan fingerprint density at radius 1 is 1.43 bits per heavy atom. The van der Waals surface area contributed by atoms with E-state index in [0.29, 0.717) is 22.8 Å². The minimum absolute atomic E-state index is 0.0662. The van der Waals surface area contributed by atoms with Crippen molar-refractivity contribution in [3.05, 3.63) is 46.8 Å². The largest absolute Gasteiger partial charge is 0.245 e. The summed E-state index contributed by atoms with van der Waals surface area (Å²) in [7, 11) is -3.01. The second-order valence-electron chi connectivity index (χ2n) is 5.08. The first-order valence-electron chi connectivity index (χ1n) is 6.47. The molecule has 8 heteroatoms. The van der Waals surface area contributed by atoms with Crippen molar-refractivity contribution in [2.45, 2.75) is 18.9 Å². The first kappa shape index (κ1) is 14.5. The maximum absolute atomic E-state index is 13.8. The van der Waals surface area contributed by atoms with Crippen LogP contribution in [-0.4, -0.2) is 34.7 Å². The molecule has 112 valence electrons. The van der Waals surface area contributed by atoms with Gasteiger partial charge in [0.2, 0.25) is 0 Å². The number of hydrogen-bond acceptors (Lipinski definition) is 4. The van der Waals surface area contributed by atoms with Crippen LogP contribution in [0.3, 0.4) is 0 Å². The third-order valence-corrected chi connectivity index (χ3v) is 5.73. The molecule has 0 aliphatic carbocycles. The van der Waals surface area contributed by atoms with Gasteiger partial charge in [-0.2, -0.15) is 5.10 Å². The van der Waals surface area contributed by atoms with E-state index < -0.39 is 15.7 Å². The molecule has 1 aromatic carbocycles. The first-order valence-corrected chi connectivity index (χ1v) is 8.67. The second kappa shape index (κ2) is 5.38. The Morgan fingerprint density at radius 3 is 2.90 bits per heavy atom. The number of nitrogens with zero attached hydrogens (tertiary/aromatic N) is 3. The predicted molar refractivity (Wildman–Crippen MR) is 76.5 cm³/mol. The van der Waals surface area contributed by atoms with Gasteiger partial charge in [-0.1, -0.05) is 17.7 Å². The standard InChI is InChI=1S/C13H13ClFN3O2S/c14-11-2-1-3-12(15)10(11)6-18-13(16-8-17-18)9-4-5-21(19,20)7-9/h1-3,8-9H,4-7H2/t9-/m0/s1. The fourth-order valence-electron chi connectivity index (χ4n) is 2.54. The van der Waals surface area contributed by atoms with E-state index in [-0.39, 0.29) is 24.0 Å². The third kappa shape index (κ3) is 2.94. The van der Waals surface area contributed by atoms with Crippen molar-refractivity contribution in [2.24, 2.45) is 0 Å². The Labute approximate surface area is 126 Å². The van der Waals surface area contributed by atoms with Crippen LogP contribution < -0.4 is 0 Å². The van der Waals surface area contributed by atoms with Crippen molar-refractivity contribution in [1.82, 2.24) is 14.8 Å².